The minimum atomic E-state index is -1.27. The third-order valence-electron chi connectivity index (χ3n) is 11.2. The Hall–Kier alpha value is -5.31. The van der Waals surface area contributed by atoms with E-state index in [1.54, 1.807) is 58.0 Å². The normalized spacial score (nSPS) is 22.1. The smallest absolute Gasteiger partial charge is 0.333 e. The van der Waals surface area contributed by atoms with E-state index >= 15 is 0 Å². The predicted octanol–water partition coefficient (Wildman–Crippen LogP) is 4.01. The van der Waals surface area contributed by atoms with Crippen LogP contribution < -0.4 is 26.0 Å². The van der Waals surface area contributed by atoms with Gasteiger partial charge >= 0.3 is 5.97 Å². The molecular weight excluding hydrogens is 783 g/mol. The molecule has 1 unspecified atom stereocenters. The third-order valence-corrected chi connectivity index (χ3v) is 11.2. The minimum Gasteiger partial charge on any atom is -0.493 e. The van der Waals surface area contributed by atoms with Crippen molar-refractivity contribution in [3.63, 3.8) is 0 Å². The summed E-state index contributed by atoms with van der Waals surface area (Å²) in [4.78, 5) is 97.2. The highest BCUT2D eigenvalue weighted by Crippen LogP contribution is 2.32. The fraction of sp³-hybridized carbons (Fsp3) is 0.587. The first-order valence-corrected chi connectivity index (χ1v) is 21.6. The Morgan fingerprint density at radius 2 is 1.69 bits per heavy atom. The number of Topliss-reactive ketones (excluding diaryl/α,β-unsaturated/α-hetero) is 1. The van der Waals surface area contributed by atoms with Gasteiger partial charge in [-0.3, -0.25) is 28.8 Å². The van der Waals surface area contributed by atoms with Crippen LogP contribution in [0.4, 0.5) is 0 Å². The molecule has 1 saturated heterocycles. The molecule has 0 radical (unpaired) electrons. The summed E-state index contributed by atoms with van der Waals surface area (Å²) in [5, 5.41) is 10.7. The van der Waals surface area contributed by atoms with Crippen molar-refractivity contribution in [1.82, 2.24) is 26.2 Å². The largest absolute Gasteiger partial charge is 0.493 e. The molecule has 2 aromatic rings. The number of ether oxygens (including phenoxy) is 3. The van der Waals surface area contributed by atoms with E-state index in [9.17, 15) is 33.6 Å². The van der Waals surface area contributed by atoms with Crippen LogP contribution in [0.2, 0.25) is 0 Å². The van der Waals surface area contributed by atoms with Crippen molar-refractivity contribution in [3.8, 4) is 5.75 Å². The number of amides is 5. The SMILES string of the molecule is CCCC(NC(=O)[C@@H]1C[C@@H]2CN1C(=O)[C@H](C1CCCCC1)NC(=O)Cc1cccc(c1)OCCC(C)(C)O2)C(=O)C(=O)NCC(=O)N[C@H](C(=O)OC(C)(C)C)c1ccccc1. The Morgan fingerprint density at radius 3 is 2.38 bits per heavy atom. The molecule has 5 atom stereocenters. The molecule has 4 N–H and O–H groups in total. The topological polar surface area (TPSA) is 199 Å². The zero-order chi connectivity index (χ0) is 44.3. The number of nitrogens with zero attached hydrogens (tertiary/aromatic N) is 1. The van der Waals surface area contributed by atoms with Crippen molar-refractivity contribution in [2.75, 3.05) is 19.7 Å². The highest BCUT2D eigenvalue weighted by Gasteiger charge is 2.46. The molecule has 15 heteroatoms. The van der Waals surface area contributed by atoms with E-state index in [1.165, 1.54) is 4.90 Å². The molecule has 0 aromatic heterocycles. The Kier molecular flexibility index (Phi) is 16.1. The Morgan fingerprint density at radius 1 is 0.967 bits per heavy atom. The molecule has 2 heterocycles. The molecule has 2 aliphatic heterocycles. The number of fused-ring (bicyclic) bond motifs is 4. The lowest BCUT2D eigenvalue weighted by Crippen LogP contribution is -2.58. The number of hydrogen-bond acceptors (Lipinski definition) is 10. The van der Waals surface area contributed by atoms with Crippen molar-refractivity contribution in [3.05, 3.63) is 65.7 Å². The number of rotatable bonds is 12. The van der Waals surface area contributed by atoms with Gasteiger partial charge in [-0.25, -0.2) is 4.79 Å². The van der Waals surface area contributed by atoms with Crippen LogP contribution in [0, 0.1) is 5.92 Å². The van der Waals surface area contributed by atoms with Crippen LogP contribution in [-0.2, 0) is 49.5 Å². The second-order valence-corrected chi connectivity index (χ2v) is 17.9. The molecule has 15 nitrogen and oxygen atoms in total. The highest BCUT2D eigenvalue weighted by atomic mass is 16.6. The van der Waals surface area contributed by atoms with E-state index in [-0.39, 0.29) is 37.6 Å². The van der Waals surface area contributed by atoms with Gasteiger partial charge in [-0.05, 0) is 83.1 Å². The fourth-order valence-electron chi connectivity index (χ4n) is 8.21. The fourth-order valence-corrected chi connectivity index (χ4v) is 8.21. The van der Waals surface area contributed by atoms with Crippen LogP contribution in [0.15, 0.2) is 54.6 Å². The maximum Gasteiger partial charge on any atom is 0.333 e. The van der Waals surface area contributed by atoms with E-state index in [1.807, 2.05) is 38.1 Å². The van der Waals surface area contributed by atoms with Gasteiger partial charge in [-0.1, -0.05) is 75.1 Å². The first-order chi connectivity index (χ1) is 28.9. The lowest BCUT2D eigenvalue weighted by atomic mass is 9.83. The number of benzene rings is 2. The van der Waals surface area contributed by atoms with Gasteiger partial charge in [0.05, 0.1) is 37.3 Å². The summed E-state index contributed by atoms with van der Waals surface area (Å²) >= 11 is 0. The molecule has 3 aliphatic rings. The average Bonchev–Trinajstić information content (AvgIpc) is 3.63. The Bertz CT molecular complexity index is 1890. The summed E-state index contributed by atoms with van der Waals surface area (Å²) in [5.41, 5.74) is -0.326. The maximum absolute atomic E-state index is 14.7. The molecular formula is C46H63N5O10. The first-order valence-electron chi connectivity index (χ1n) is 21.6. The van der Waals surface area contributed by atoms with E-state index in [0.717, 1.165) is 37.7 Å². The van der Waals surface area contributed by atoms with Gasteiger partial charge in [0.15, 0.2) is 6.04 Å². The molecule has 5 rings (SSSR count). The quantitative estimate of drug-likeness (QED) is 0.179. The van der Waals surface area contributed by atoms with Gasteiger partial charge in [0.1, 0.15) is 23.4 Å². The molecule has 0 spiro atoms. The first kappa shape index (κ1) is 46.8. The molecule has 1 aliphatic carbocycles. The second kappa shape index (κ2) is 21.0. The van der Waals surface area contributed by atoms with Gasteiger partial charge in [-0.15, -0.1) is 0 Å². The third kappa shape index (κ3) is 13.6. The van der Waals surface area contributed by atoms with Crippen molar-refractivity contribution in [2.45, 2.75) is 147 Å². The molecule has 5 amide bonds. The standard InChI is InChI=1S/C46H63N5O10/c1-7-15-34(40(54)42(56)47-27-37(53)50-39(31-19-12-9-13-20-31)44(58)61-45(2,3)4)48-41(55)35-26-33-28-51(35)43(57)38(30-17-10-8-11-18-30)49-36(52)25-29-16-14-21-32(24-29)59-23-22-46(5,6)60-33/h9,12-14,16,19-21,24,30,33-35,38-39H,7-8,10-11,15,17-18,22-23,25-28H2,1-6H3,(H,47,56)(H,48,55)(H,49,52)(H,50,53)/t33-,34?,35+,38+,39+/m1/s1. The monoisotopic (exact) mass is 845 g/mol. The Labute approximate surface area is 358 Å². The maximum atomic E-state index is 14.7. The lowest BCUT2D eigenvalue weighted by molar-refractivity contribution is -0.158. The summed E-state index contributed by atoms with van der Waals surface area (Å²) in [7, 11) is 0. The van der Waals surface area contributed by atoms with Crippen LogP contribution in [-0.4, -0.2) is 101 Å². The zero-order valence-electron chi connectivity index (χ0n) is 36.4. The number of hydrogen-bond donors (Lipinski definition) is 4. The van der Waals surface area contributed by atoms with Crippen molar-refractivity contribution < 1.29 is 47.8 Å². The van der Waals surface area contributed by atoms with E-state index < -0.39 is 83.4 Å². The van der Waals surface area contributed by atoms with Gasteiger partial charge in [0.25, 0.3) is 5.91 Å². The van der Waals surface area contributed by atoms with Crippen molar-refractivity contribution >= 4 is 41.3 Å². The summed E-state index contributed by atoms with van der Waals surface area (Å²) in [5.74, 6) is -4.38. The van der Waals surface area contributed by atoms with Crippen LogP contribution in [0.25, 0.3) is 0 Å². The van der Waals surface area contributed by atoms with Crippen LogP contribution >= 0.6 is 0 Å². The van der Waals surface area contributed by atoms with Gasteiger partial charge in [0.2, 0.25) is 29.4 Å². The molecule has 2 fully saturated rings. The molecule has 1 saturated carbocycles. The van der Waals surface area contributed by atoms with E-state index in [4.69, 9.17) is 14.2 Å². The zero-order valence-corrected chi connectivity index (χ0v) is 36.4. The summed E-state index contributed by atoms with van der Waals surface area (Å²) in [6.07, 6.45) is 4.96. The highest BCUT2D eigenvalue weighted by molar-refractivity contribution is 6.38. The average molecular weight is 846 g/mol. The van der Waals surface area contributed by atoms with Crippen molar-refractivity contribution in [2.24, 2.45) is 5.92 Å². The number of carbonyl (C=O) groups is 7. The summed E-state index contributed by atoms with van der Waals surface area (Å²) in [6, 6.07) is 11.4. The molecule has 2 aromatic carbocycles. The van der Waals surface area contributed by atoms with Crippen LogP contribution in [0.3, 0.4) is 0 Å². The van der Waals surface area contributed by atoms with Crippen molar-refractivity contribution in [1.29, 1.82) is 0 Å². The van der Waals surface area contributed by atoms with Crippen LogP contribution in [0.1, 0.15) is 116 Å². The van der Waals surface area contributed by atoms with Gasteiger partial charge < -0.3 is 40.4 Å². The molecule has 332 valence electrons. The second-order valence-electron chi connectivity index (χ2n) is 17.9. The predicted molar refractivity (Wildman–Crippen MR) is 226 cm³/mol. The summed E-state index contributed by atoms with van der Waals surface area (Å²) in [6.45, 7) is 10.5. The minimum absolute atomic E-state index is 0.0384. The van der Waals surface area contributed by atoms with Crippen LogP contribution in [0.5, 0.6) is 5.75 Å². The Balaban J connectivity index is 1.31. The van der Waals surface area contributed by atoms with E-state index in [2.05, 4.69) is 21.3 Å². The molecule has 61 heavy (non-hydrogen) atoms. The summed E-state index contributed by atoms with van der Waals surface area (Å²) < 4.78 is 18.1. The van der Waals surface area contributed by atoms with Gasteiger partial charge in [0, 0.05) is 19.4 Å². The van der Waals surface area contributed by atoms with Gasteiger partial charge in [-0.2, -0.15) is 0 Å². The lowest BCUT2D eigenvalue weighted by Gasteiger charge is -2.35. The number of esters is 1. The number of ketones is 1. The molecule has 4 bridgehead atoms. The number of carbonyl (C=O) groups excluding carboxylic acids is 7. The number of nitrogens with one attached hydrogen (secondary N) is 4. The van der Waals surface area contributed by atoms with E-state index in [0.29, 0.717) is 30.8 Å².